The van der Waals surface area contributed by atoms with Crippen molar-refractivity contribution in [2.24, 2.45) is 5.92 Å². The molecule has 0 amide bonds. The maximum atomic E-state index is 11.3. The summed E-state index contributed by atoms with van der Waals surface area (Å²) in [5.74, 6) is 1.82. The average Bonchev–Trinajstić information content (AvgIpc) is 2.32. The lowest BCUT2D eigenvalue weighted by Crippen LogP contribution is -2.26. The number of hydrogen-bond acceptors (Lipinski definition) is 3. The van der Waals surface area contributed by atoms with Gasteiger partial charge in [0.25, 0.3) is 0 Å². The number of benzene rings is 1. The Morgan fingerprint density at radius 2 is 2.00 bits per heavy atom. The predicted molar refractivity (Wildman–Crippen MR) is 75.8 cm³/mol. The molecule has 1 aromatic carbocycles. The third-order valence-corrected chi connectivity index (χ3v) is 5.89. The van der Waals surface area contributed by atoms with E-state index in [4.69, 9.17) is 4.74 Å². The van der Waals surface area contributed by atoms with Crippen LogP contribution in [0.15, 0.2) is 22.7 Å². The summed E-state index contributed by atoms with van der Waals surface area (Å²) in [6, 6.07) is 5.89. The highest BCUT2D eigenvalue weighted by molar-refractivity contribution is 9.10. The molecule has 1 aliphatic heterocycles. The molecule has 0 aromatic heterocycles. The fraction of sp³-hybridized carbons (Fsp3) is 0.538. The molecule has 1 aromatic rings. The topological polar surface area (TPSA) is 43.4 Å². The number of aryl methyl sites for hydroxylation is 1. The lowest BCUT2D eigenvalue weighted by Gasteiger charge is -2.22. The van der Waals surface area contributed by atoms with Gasteiger partial charge in [0.2, 0.25) is 0 Å². The molecule has 1 fully saturated rings. The maximum absolute atomic E-state index is 11.3. The summed E-state index contributed by atoms with van der Waals surface area (Å²) in [7, 11) is -2.77. The van der Waals surface area contributed by atoms with Gasteiger partial charge in [0.1, 0.15) is 15.6 Å². The Bertz CT molecular complexity index is 511. The highest BCUT2D eigenvalue weighted by Gasteiger charge is 2.23. The Balaban J connectivity index is 1.87. The molecule has 1 saturated heterocycles. The summed E-state index contributed by atoms with van der Waals surface area (Å²) >= 11 is 3.45. The maximum Gasteiger partial charge on any atom is 0.150 e. The first-order chi connectivity index (χ1) is 8.46. The van der Waals surface area contributed by atoms with Gasteiger partial charge in [0.05, 0.1) is 18.1 Å². The third-order valence-electron chi connectivity index (χ3n) is 3.29. The quantitative estimate of drug-likeness (QED) is 0.854. The van der Waals surface area contributed by atoms with Gasteiger partial charge in [0, 0.05) is 4.47 Å². The summed E-state index contributed by atoms with van der Waals surface area (Å²) in [6.07, 6.45) is 1.44. The predicted octanol–water partition coefficient (Wildman–Crippen LogP) is 2.96. The van der Waals surface area contributed by atoms with E-state index >= 15 is 0 Å². The minimum absolute atomic E-state index is 0.306. The van der Waals surface area contributed by atoms with Gasteiger partial charge in [-0.25, -0.2) is 8.42 Å². The molecule has 0 N–H and O–H groups in total. The fourth-order valence-electron chi connectivity index (χ4n) is 2.03. The average molecular weight is 333 g/mol. The van der Waals surface area contributed by atoms with Gasteiger partial charge in [0.15, 0.2) is 0 Å². The first-order valence-electron chi connectivity index (χ1n) is 6.06. The molecule has 0 saturated carbocycles. The zero-order chi connectivity index (χ0) is 13.2. The molecule has 18 heavy (non-hydrogen) atoms. The summed E-state index contributed by atoms with van der Waals surface area (Å²) in [5, 5.41) is 0. The summed E-state index contributed by atoms with van der Waals surface area (Å²) in [4.78, 5) is 0. The van der Waals surface area contributed by atoms with Gasteiger partial charge in [-0.3, -0.25) is 0 Å². The van der Waals surface area contributed by atoms with Gasteiger partial charge >= 0.3 is 0 Å². The van der Waals surface area contributed by atoms with E-state index in [-0.39, 0.29) is 0 Å². The molecule has 0 bridgehead atoms. The zero-order valence-electron chi connectivity index (χ0n) is 10.4. The van der Waals surface area contributed by atoms with Crippen molar-refractivity contribution < 1.29 is 13.2 Å². The molecule has 3 nitrogen and oxygen atoms in total. The van der Waals surface area contributed by atoms with Crippen LogP contribution >= 0.6 is 15.9 Å². The van der Waals surface area contributed by atoms with Crippen molar-refractivity contribution in [3.8, 4) is 5.75 Å². The van der Waals surface area contributed by atoms with Crippen molar-refractivity contribution >= 4 is 25.8 Å². The lowest BCUT2D eigenvalue weighted by molar-refractivity contribution is 0.238. The van der Waals surface area contributed by atoms with Crippen LogP contribution in [-0.2, 0) is 9.84 Å². The molecule has 1 aliphatic rings. The SMILES string of the molecule is Cc1cc(OCC2CCS(=O)(=O)CC2)ccc1Br. The second kappa shape index (κ2) is 5.61. The van der Waals surface area contributed by atoms with Crippen molar-refractivity contribution in [1.29, 1.82) is 0 Å². The van der Waals surface area contributed by atoms with Crippen LogP contribution in [0.25, 0.3) is 0 Å². The molecule has 0 unspecified atom stereocenters. The molecule has 0 spiro atoms. The molecule has 1 heterocycles. The summed E-state index contributed by atoms with van der Waals surface area (Å²) in [5.41, 5.74) is 1.14. The number of sulfone groups is 1. The minimum atomic E-state index is -2.77. The van der Waals surface area contributed by atoms with E-state index in [1.54, 1.807) is 0 Å². The van der Waals surface area contributed by atoms with Crippen LogP contribution in [0.5, 0.6) is 5.75 Å². The van der Waals surface area contributed by atoms with Crippen LogP contribution in [0.2, 0.25) is 0 Å². The molecular weight excluding hydrogens is 316 g/mol. The number of rotatable bonds is 3. The van der Waals surface area contributed by atoms with Crippen molar-refractivity contribution in [3.05, 3.63) is 28.2 Å². The first-order valence-corrected chi connectivity index (χ1v) is 8.67. The minimum Gasteiger partial charge on any atom is -0.493 e. The molecule has 100 valence electrons. The van der Waals surface area contributed by atoms with Gasteiger partial charge < -0.3 is 4.74 Å². The van der Waals surface area contributed by atoms with E-state index in [2.05, 4.69) is 15.9 Å². The Morgan fingerprint density at radius 3 is 2.61 bits per heavy atom. The molecule has 5 heteroatoms. The Morgan fingerprint density at radius 1 is 1.33 bits per heavy atom. The Kier molecular flexibility index (Phi) is 4.33. The van der Waals surface area contributed by atoms with Gasteiger partial charge in [-0.2, -0.15) is 0 Å². The third kappa shape index (κ3) is 3.72. The largest absolute Gasteiger partial charge is 0.493 e. The second-order valence-electron chi connectivity index (χ2n) is 4.82. The molecule has 2 rings (SSSR count). The Hall–Kier alpha value is -0.550. The van der Waals surface area contributed by atoms with E-state index in [1.165, 1.54) is 0 Å². The van der Waals surface area contributed by atoms with E-state index in [0.717, 1.165) is 28.6 Å². The molecule has 0 atom stereocenters. The van der Waals surface area contributed by atoms with Crippen LogP contribution in [0.1, 0.15) is 18.4 Å². The van der Waals surface area contributed by atoms with E-state index in [1.807, 2.05) is 25.1 Å². The van der Waals surface area contributed by atoms with Crippen LogP contribution in [0.4, 0.5) is 0 Å². The monoisotopic (exact) mass is 332 g/mol. The van der Waals surface area contributed by atoms with Gasteiger partial charge in [-0.15, -0.1) is 0 Å². The second-order valence-corrected chi connectivity index (χ2v) is 7.98. The van der Waals surface area contributed by atoms with Crippen molar-refractivity contribution in [2.75, 3.05) is 18.1 Å². The Labute approximate surface area is 117 Å². The van der Waals surface area contributed by atoms with E-state index < -0.39 is 9.84 Å². The van der Waals surface area contributed by atoms with Crippen molar-refractivity contribution in [3.63, 3.8) is 0 Å². The fourth-order valence-corrected chi connectivity index (χ4v) is 3.86. The van der Waals surface area contributed by atoms with Gasteiger partial charge in [-0.1, -0.05) is 15.9 Å². The highest BCUT2D eigenvalue weighted by Crippen LogP contribution is 2.24. The lowest BCUT2D eigenvalue weighted by atomic mass is 10.0. The first kappa shape index (κ1) is 13.9. The molecule has 0 radical (unpaired) electrons. The van der Waals surface area contributed by atoms with Crippen molar-refractivity contribution in [1.82, 2.24) is 0 Å². The number of hydrogen-bond donors (Lipinski definition) is 0. The summed E-state index contributed by atoms with van der Waals surface area (Å²) in [6.45, 7) is 2.63. The molecule has 0 aliphatic carbocycles. The van der Waals surface area contributed by atoms with Crippen molar-refractivity contribution in [2.45, 2.75) is 19.8 Å². The highest BCUT2D eigenvalue weighted by atomic mass is 79.9. The van der Waals surface area contributed by atoms with Crippen LogP contribution in [0, 0.1) is 12.8 Å². The number of halogens is 1. The standard InChI is InChI=1S/C13H17BrO3S/c1-10-8-12(2-3-13(10)14)17-9-11-4-6-18(15,16)7-5-11/h2-3,8,11H,4-7,9H2,1H3. The molecular formula is C13H17BrO3S. The summed E-state index contributed by atoms with van der Waals surface area (Å²) < 4.78 is 29.4. The van der Waals surface area contributed by atoms with E-state index in [9.17, 15) is 8.42 Å². The van der Waals surface area contributed by atoms with Crippen LogP contribution in [-0.4, -0.2) is 26.5 Å². The number of ether oxygens (including phenoxy) is 1. The zero-order valence-corrected chi connectivity index (χ0v) is 12.8. The normalized spacial score (nSPS) is 19.7. The van der Waals surface area contributed by atoms with E-state index in [0.29, 0.717) is 24.0 Å². The van der Waals surface area contributed by atoms with Crippen LogP contribution < -0.4 is 4.74 Å². The smallest absolute Gasteiger partial charge is 0.150 e. The van der Waals surface area contributed by atoms with Crippen LogP contribution in [0.3, 0.4) is 0 Å². The van der Waals surface area contributed by atoms with Gasteiger partial charge in [-0.05, 0) is 49.4 Å².